The highest BCUT2D eigenvalue weighted by Gasteiger charge is 2.14. The van der Waals surface area contributed by atoms with E-state index in [-0.39, 0.29) is 11.7 Å². The predicted octanol–water partition coefficient (Wildman–Crippen LogP) is 5.24. The van der Waals surface area contributed by atoms with Crippen molar-refractivity contribution in [2.45, 2.75) is 30.1 Å². The Balaban J connectivity index is 2.09. The van der Waals surface area contributed by atoms with E-state index in [1.807, 2.05) is 19.1 Å². The fraction of sp³-hybridized carbons (Fsp3) is 0.235. The second-order valence-electron chi connectivity index (χ2n) is 5.34. The number of nitrogens with one attached hydrogen (secondary N) is 2. The molecule has 2 N–H and O–H groups in total. The maximum absolute atomic E-state index is 11.6. The maximum atomic E-state index is 11.6. The molecule has 0 aliphatic carbocycles. The van der Waals surface area contributed by atoms with Gasteiger partial charge in [-0.1, -0.05) is 30.3 Å². The van der Waals surface area contributed by atoms with Crippen LogP contribution >= 0.6 is 23.4 Å². The van der Waals surface area contributed by atoms with E-state index in [1.54, 1.807) is 19.1 Å². The van der Waals surface area contributed by atoms with Crippen molar-refractivity contribution in [3.63, 3.8) is 0 Å². The number of hydrogen-bond donors (Lipinski definition) is 2. The zero-order chi connectivity index (χ0) is 18.4. The van der Waals surface area contributed by atoms with Gasteiger partial charge in [-0.3, -0.25) is 10.1 Å². The lowest BCUT2D eigenvalue weighted by molar-refractivity contribution is -0.384. The first-order valence-electron chi connectivity index (χ1n) is 7.68. The van der Waals surface area contributed by atoms with Crippen LogP contribution in [-0.4, -0.2) is 17.5 Å². The Kier molecular flexibility index (Phi) is 6.66. The standard InChI is InChI=1S/C17H18ClN3O3S/c1-3-8-19-17(22)20-12-4-6-14(7-5-12)25-16-11(2)9-13(21(23)24)10-15(16)18/h4-7,9-10H,3,8H2,1-2H3,(H2,19,20,22). The number of non-ortho nitro benzene ring substituents is 1. The molecule has 132 valence electrons. The van der Waals surface area contributed by atoms with Gasteiger partial charge in [-0.2, -0.15) is 0 Å². The smallest absolute Gasteiger partial charge is 0.319 e. The van der Waals surface area contributed by atoms with E-state index < -0.39 is 4.92 Å². The third kappa shape index (κ3) is 5.37. The highest BCUT2D eigenvalue weighted by molar-refractivity contribution is 7.99. The molecule has 0 spiro atoms. The summed E-state index contributed by atoms with van der Waals surface area (Å²) in [7, 11) is 0. The minimum Gasteiger partial charge on any atom is -0.338 e. The van der Waals surface area contributed by atoms with Crippen molar-refractivity contribution in [1.82, 2.24) is 5.32 Å². The Morgan fingerprint density at radius 3 is 2.52 bits per heavy atom. The minimum absolute atomic E-state index is 0.0236. The summed E-state index contributed by atoms with van der Waals surface area (Å²) in [5.41, 5.74) is 1.40. The largest absolute Gasteiger partial charge is 0.338 e. The Bertz CT molecular complexity index is 758. The summed E-state index contributed by atoms with van der Waals surface area (Å²) in [6.07, 6.45) is 0.873. The lowest BCUT2D eigenvalue weighted by Crippen LogP contribution is -2.29. The molecule has 0 saturated carbocycles. The summed E-state index contributed by atoms with van der Waals surface area (Å²) in [4.78, 5) is 23.7. The van der Waals surface area contributed by atoms with Crippen LogP contribution in [0.3, 0.4) is 0 Å². The first-order valence-corrected chi connectivity index (χ1v) is 8.87. The number of nitro groups is 1. The van der Waals surface area contributed by atoms with E-state index in [0.717, 1.165) is 21.8 Å². The van der Waals surface area contributed by atoms with Crippen molar-refractivity contribution in [1.29, 1.82) is 0 Å². The number of urea groups is 1. The topological polar surface area (TPSA) is 84.3 Å². The van der Waals surface area contributed by atoms with E-state index in [9.17, 15) is 14.9 Å². The van der Waals surface area contributed by atoms with Crippen molar-refractivity contribution in [2.75, 3.05) is 11.9 Å². The monoisotopic (exact) mass is 379 g/mol. The fourth-order valence-corrected chi connectivity index (χ4v) is 3.35. The maximum Gasteiger partial charge on any atom is 0.319 e. The molecule has 2 aromatic carbocycles. The van der Waals surface area contributed by atoms with Gasteiger partial charge in [0, 0.05) is 34.2 Å². The molecule has 0 unspecified atom stereocenters. The molecule has 2 amide bonds. The van der Waals surface area contributed by atoms with E-state index in [0.29, 0.717) is 17.3 Å². The quantitative estimate of drug-likeness (QED) is 0.531. The van der Waals surface area contributed by atoms with Crippen molar-refractivity contribution in [3.05, 3.63) is 57.1 Å². The number of rotatable bonds is 6. The Morgan fingerprint density at radius 2 is 1.96 bits per heavy atom. The number of carbonyl (C=O) groups excluding carboxylic acids is 1. The van der Waals surface area contributed by atoms with Gasteiger partial charge >= 0.3 is 6.03 Å². The lowest BCUT2D eigenvalue weighted by atomic mass is 10.2. The molecule has 0 bridgehead atoms. The highest BCUT2D eigenvalue weighted by atomic mass is 35.5. The van der Waals surface area contributed by atoms with E-state index in [4.69, 9.17) is 11.6 Å². The summed E-state index contributed by atoms with van der Waals surface area (Å²) < 4.78 is 0. The van der Waals surface area contributed by atoms with Crippen molar-refractivity contribution in [2.24, 2.45) is 0 Å². The SMILES string of the molecule is CCCNC(=O)Nc1ccc(Sc2c(C)cc([N+](=O)[O-])cc2Cl)cc1. The zero-order valence-electron chi connectivity index (χ0n) is 13.8. The van der Waals surface area contributed by atoms with E-state index >= 15 is 0 Å². The Morgan fingerprint density at radius 1 is 1.28 bits per heavy atom. The van der Waals surface area contributed by atoms with Crippen LogP contribution in [0.15, 0.2) is 46.2 Å². The van der Waals surface area contributed by atoms with E-state index in [2.05, 4.69) is 10.6 Å². The third-order valence-electron chi connectivity index (χ3n) is 3.29. The number of benzene rings is 2. The van der Waals surface area contributed by atoms with Crippen LogP contribution < -0.4 is 10.6 Å². The zero-order valence-corrected chi connectivity index (χ0v) is 15.4. The second-order valence-corrected chi connectivity index (χ2v) is 6.83. The van der Waals surface area contributed by atoms with Crippen LogP contribution in [0.25, 0.3) is 0 Å². The van der Waals surface area contributed by atoms with Gasteiger partial charge in [0.2, 0.25) is 0 Å². The van der Waals surface area contributed by atoms with Gasteiger partial charge in [0.1, 0.15) is 0 Å². The molecule has 0 saturated heterocycles. The van der Waals surface area contributed by atoms with Crippen molar-refractivity contribution in [3.8, 4) is 0 Å². The molecule has 0 aliphatic heterocycles. The molecule has 0 atom stereocenters. The molecule has 8 heteroatoms. The van der Waals surface area contributed by atoms with Gasteiger partial charge < -0.3 is 10.6 Å². The van der Waals surface area contributed by atoms with Crippen LogP contribution in [0.5, 0.6) is 0 Å². The van der Waals surface area contributed by atoms with Gasteiger partial charge in [-0.25, -0.2) is 4.79 Å². The van der Waals surface area contributed by atoms with Gasteiger partial charge in [-0.15, -0.1) is 0 Å². The Labute approximate surface area is 155 Å². The molecule has 0 aromatic heterocycles. The van der Waals surface area contributed by atoms with Crippen molar-refractivity contribution < 1.29 is 9.72 Å². The van der Waals surface area contributed by atoms with Crippen LogP contribution in [-0.2, 0) is 0 Å². The number of halogens is 1. The minimum atomic E-state index is -0.461. The summed E-state index contributed by atoms with van der Waals surface area (Å²) >= 11 is 7.61. The highest BCUT2D eigenvalue weighted by Crippen LogP contribution is 2.38. The lowest BCUT2D eigenvalue weighted by Gasteiger charge is -2.10. The molecule has 0 fully saturated rings. The normalized spacial score (nSPS) is 10.4. The molecule has 2 aromatic rings. The average molecular weight is 380 g/mol. The summed E-state index contributed by atoms with van der Waals surface area (Å²) in [6, 6.07) is 9.92. The summed E-state index contributed by atoms with van der Waals surface area (Å²) in [5, 5.41) is 16.7. The Hall–Kier alpha value is -2.25. The summed E-state index contributed by atoms with van der Waals surface area (Å²) in [5.74, 6) is 0. The number of amides is 2. The molecule has 2 rings (SSSR count). The van der Waals surface area contributed by atoms with Crippen molar-refractivity contribution >= 4 is 40.8 Å². The van der Waals surface area contributed by atoms with Gasteiger partial charge in [0.15, 0.2) is 0 Å². The first kappa shape index (κ1) is 19.1. The molecular weight excluding hydrogens is 362 g/mol. The molecule has 0 heterocycles. The molecule has 0 radical (unpaired) electrons. The van der Waals surface area contributed by atoms with E-state index in [1.165, 1.54) is 23.9 Å². The molecule has 6 nitrogen and oxygen atoms in total. The van der Waals surface area contributed by atoms with Crippen LogP contribution in [0, 0.1) is 17.0 Å². The van der Waals surface area contributed by atoms with Gasteiger partial charge in [0.05, 0.1) is 9.95 Å². The number of nitrogens with zero attached hydrogens (tertiary/aromatic N) is 1. The summed E-state index contributed by atoms with van der Waals surface area (Å²) in [6.45, 7) is 4.39. The molecule has 0 aliphatic rings. The number of hydrogen-bond acceptors (Lipinski definition) is 4. The first-order chi connectivity index (χ1) is 11.9. The number of aryl methyl sites for hydroxylation is 1. The van der Waals surface area contributed by atoms with Crippen LogP contribution in [0.2, 0.25) is 5.02 Å². The average Bonchev–Trinajstić information content (AvgIpc) is 2.57. The molecule has 25 heavy (non-hydrogen) atoms. The van der Waals surface area contributed by atoms with Gasteiger partial charge in [0.25, 0.3) is 5.69 Å². The second kappa shape index (κ2) is 8.73. The van der Waals surface area contributed by atoms with Crippen LogP contribution in [0.1, 0.15) is 18.9 Å². The number of nitro benzene ring substituents is 1. The third-order valence-corrected chi connectivity index (χ3v) is 4.96. The number of anilines is 1. The number of carbonyl (C=O) groups is 1. The predicted molar refractivity (Wildman–Crippen MR) is 101 cm³/mol. The van der Waals surface area contributed by atoms with Crippen LogP contribution in [0.4, 0.5) is 16.2 Å². The fourth-order valence-electron chi connectivity index (χ4n) is 2.09. The molecular formula is C17H18ClN3O3S. The van der Waals surface area contributed by atoms with Gasteiger partial charge in [-0.05, 0) is 43.2 Å².